The molecule has 0 amide bonds. The average molecular weight is 345 g/mol. The molecule has 1 aromatic carbocycles. The van der Waals surface area contributed by atoms with Gasteiger partial charge in [0.25, 0.3) is 0 Å². The SMILES string of the molecule is CC(C)N1CCOC(C(N)Cc2ccc(Br)cc2F)C1. The van der Waals surface area contributed by atoms with Gasteiger partial charge in [-0.15, -0.1) is 0 Å². The maximum atomic E-state index is 13.8. The lowest BCUT2D eigenvalue weighted by Crippen LogP contribution is -2.53. The summed E-state index contributed by atoms with van der Waals surface area (Å²) in [6, 6.07) is 5.39. The molecule has 1 fully saturated rings. The number of hydrogen-bond acceptors (Lipinski definition) is 3. The van der Waals surface area contributed by atoms with Gasteiger partial charge in [-0.25, -0.2) is 4.39 Å². The monoisotopic (exact) mass is 344 g/mol. The molecule has 2 N–H and O–H groups in total. The van der Waals surface area contributed by atoms with Crippen LogP contribution in [0.4, 0.5) is 4.39 Å². The van der Waals surface area contributed by atoms with Crippen molar-refractivity contribution in [2.45, 2.75) is 38.5 Å². The largest absolute Gasteiger partial charge is 0.374 e. The van der Waals surface area contributed by atoms with Crippen LogP contribution in [0.3, 0.4) is 0 Å². The molecule has 2 unspecified atom stereocenters. The molecule has 112 valence electrons. The molecule has 0 radical (unpaired) electrons. The van der Waals surface area contributed by atoms with Crippen LogP contribution < -0.4 is 5.73 Å². The van der Waals surface area contributed by atoms with E-state index in [4.69, 9.17) is 10.5 Å². The van der Waals surface area contributed by atoms with Crippen molar-refractivity contribution in [2.24, 2.45) is 5.73 Å². The highest BCUT2D eigenvalue weighted by molar-refractivity contribution is 9.10. The topological polar surface area (TPSA) is 38.5 Å². The van der Waals surface area contributed by atoms with Gasteiger partial charge in [-0.1, -0.05) is 22.0 Å². The first-order valence-electron chi connectivity index (χ1n) is 7.02. The zero-order valence-electron chi connectivity index (χ0n) is 12.0. The molecule has 3 nitrogen and oxygen atoms in total. The fourth-order valence-electron chi connectivity index (χ4n) is 2.50. The average Bonchev–Trinajstić information content (AvgIpc) is 2.42. The molecular weight excluding hydrogens is 323 g/mol. The summed E-state index contributed by atoms with van der Waals surface area (Å²) in [6.45, 7) is 6.79. The van der Waals surface area contributed by atoms with Crippen LogP contribution in [0.5, 0.6) is 0 Å². The Labute approximate surface area is 128 Å². The van der Waals surface area contributed by atoms with Gasteiger partial charge in [0.05, 0.1) is 12.7 Å². The van der Waals surface area contributed by atoms with Gasteiger partial charge in [-0.05, 0) is 38.0 Å². The lowest BCUT2D eigenvalue weighted by Gasteiger charge is -2.38. The first-order valence-corrected chi connectivity index (χ1v) is 7.82. The number of halogens is 2. The van der Waals surface area contributed by atoms with Gasteiger partial charge in [-0.2, -0.15) is 0 Å². The Balaban J connectivity index is 1.98. The standard InChI is InChI=1S/C15H22BrFN2O/c1-10(2)19-5-6-20-15(9-19)14(18)7-11-3-4-12(16)8-13(11)17/h3-4,8,10,14-15H,5-7,9,18H2,1-2H3. The minimum atomic E-state index is -0.216. The predicted octanol–water partition coefficient (Wildman–Crippen LogP) is 2.57. The quantitative estimate of drug-likeness (QED) is 0.912. The number of nitrogens with zero attached hydrogens (tertiary/aromatic N) is 1. The van der Waals surface area contributed by atoms with E-state index < -0.39 is 0 Å². The van der Waals surface area contributed by atoms with Crippen molar-refractivity contribution in [3.05, 3.63) is 34.1 Å². The number of nitrogens with two attached hydrogens (primary N) is 1. The predicted molar refractivity (Wildman–Crippen MR) is 82.2 cm³/mol. The highest BCUT2D eigenvalue weighted by Gasteiger charge is 2.27. The molecule has 0 saturated carbocycles. The van der Waals surface area contributed by atoms with E-state index in [1.165, 1.54) is 6.07 Å². The summed E-state index contributed by atoms with van der Waals surface area (Å²) in [6.07, 6.45) is 0.463. The maximum Gasteiger partial charge on any atom is 0.127 e. The van der Waals surface area contributed by atoms with Crippen molar-refractivity contribution in [1.29, 1.82) is 0 Å². The van der Waals surface area contributed by atoms with Crippen molar-refractivity contribution in [1.82, 2.24) is 4.90 Å². The van der Waals surface area contributed by atoms with Crippen LogP contribution in [0.1, 0.15) is 19.4 Å². The van der Waals surface area contributed by atoms with E-state index in [-0.39, 0.29) is 18.0 Å². The Bertz CT molecular complexity index is 455. The van der Waals surface area contributed by atoms with E-state index in [1.807, 2.05) is 6.07 Å². The van der Waals surface area contributed by atoms with E-state index in [9.17, 15) is 4.39 Å². The minimum Gasteiger partial charge on any atom is -0.374 e. The molecule has 0 spiro atoms. The normalized spacial score (nSPS) is 22.2. The van der Waals surface area contributed by atoms with Gasteiger partial charge in [0.2, 0.25) is 0 Å². The van der Waals surface area contributed by atoms with E-state index in [2.05, 4.69) is 34.7 Å². The second-order valence-corrected chi connectivity index (χ2v) is 6.52. The molecule has 1 aromatic rings. The van der Waals surface area contributed by atoms with Crippen LogP contribution in [0.15, 0.2) is 22.7 Å². The maximum absolute atomic E-state index is 13.8. The second-order valence-electron chi connectivity index (χ2n) is 5.60. The third-order valence-electron chi connectivity index (χ3n) is 3.80. The number of ether oxygens (including phenoxy) is 1. The van der Waals surface area contributed by atoms with Crippen molar-refractivity contribution in [3.63, 3.8) is 0 Å². The molecule has 1 aliphatic heterocycles. The fraction of sp³-hybridized carbons (Fsp3) is 0.600. The van der Waals surface area contributed by atoms with E-state index in [0.29, 0.717) is 24.6 Å². The van der Waals surface area contributed by atoms with Crippen LogP contribution in [-0.4, -0.2) is 42.8 Å². The first kappa shape index (κ1) is 15.9. The number of morpholine rings is 1. The first-order chi connectivity index (χ1) is 9.47. The number of benzene rings is 1. The Morgan fingerprint density at radius 1 is 1.50 bits per heavy atom. The van der Waals surface area contributed by atoms with Crippen LogP contribution >= 0.6 is 15.9 Å². The van der Waals surface area contributed by atoms with Gasteiger partial charge in [-0.3, -0.25) is 4.90 Å². The van der Waals surface area contributed by atoms with Gasteiger partial charge in [0.1, 0.15) is 5.82 Å². The molecule has 0 aromatic heterocycles. The van der Waals surface area contributed by atoms with Crippen molar-refractivity contribution >= 4 is 15.9 Å². The molecule has 20 heavy (non-hydrogen) atoms. The Hall–Kier alpha value is -0.490. The lowest BCUT2D eigenvalue weighted by molar-refractivity contribution is -0.0496. The van der Waals surface area contributed by atoms with Crippen LogP contribution in [0, 0.1) is 5.82 Å². The molecular formula is C15H22BrFN2O. The summed E-state index contributed by atoms with van der Waals surface area (Å²) in [5.41, 5.74) is 6.86. The third kappa shape index (κ3) is 4.01. The molecule has 2 rings (SSSR count). The Morgan fingerprint density at radius 3 is 2.90 bits per heavy atom. The van der Waals surface area contributed by atoms with E-state index in [0.717, 1.165) is 17.6 Å². The van der Waals surface area contributed by atoms with Crippen molar-refractivity contribution < 1.29 is 9.13 Å². The minimum absolute atomic E-state index is 0.0332. The van der Waals surface area contributed by atoms with Crippen LogP contribution in [0.25, 0.3) is 0 Å². The van der Waals surface area contributed by atoms with Gasteiger partial charge < -0.3 is 10.5 Å². The lowest BCUT2D eigenvalue weighted by atomic mass is 10.00. The molecule has 0 aliphatic carbocycles. The van der Waals surface area contributed by atoms with Crippen LogP contribution in [-0.2, 0) is 11.2 Å². The van der Waals surface area contributed by atoms with Gasteiger partial charge in [0.15, 0.2) is 0 Å². The van der Waals surface area contributed by atoms with Crippen molar-refractivity contribution in [2.75, 3.05) is 19.7 Å². The molecule has 5 heteroatoms. The Kier molecular flexibility index (Phi) is 5.55. The zero-order valence-corrected chi connectivity index (χ0v) is 13.6. The van der Waals surface area contributed by atoms with Gasteiger partial charge in [0, 0.05) is 29.6 Å². The fourth-order valence-corrected chi connectivity index (χ4v) is 2.83. The summed E-state index contributed by atoms with van der Waals surface area (Å²) in [5.74, 6) is -0.216. The highest BCUT2D eigenvalue weighted by atomic mass is 79.9. The summed E-state index contributed by atoms with van der Waals surface area (Å²) in [5, 5.41) is 0. The summed E-state index contributed by atoms with van der Waals surface area (Å²) in [7, 11) is 0. The van der Waals surface area contributed by atoms with Gasteiger partial charge >= 0.3 is 0 Å². The summed E-state index contributed by atoms with van der Waals surface area (Å²) >= 11 is 3.26. The summed E-state index contributed by atoms with van der Waals surface area (Å²) in [4.78, 5) is 2.35. The van der Waals surface area contributed by atoms with E-state index >= 15 is 0 Å². The second kappa shape index (κ2) is 6.98. The van der Waals surface area contributed by atoms with Crippen molar-refractivity contribution in [3.8, 4) is 0 Å². The highest BCUT2D eigenvalue weighted by Crippen LogP contribution is 2.19. The summed E-state index contributed by atoms with van der Waals surface area (Å²) < 4.78 is 20.3. The number of hydrogen-bond donors (Lipinski definition) is 1. The van der Waals surface area contributed by atoms with Crippen LogP contribution in [0.2, 0.25) is 0 Å². The molecule has 1 aliphatic rings. The molecule has 0 bridgehead atoms. The molecule has 2 atom stereocenters. The zero-order chi connectivity index (χ0) is 14.7. The molecule has 1 saturated heterocycles. The van der Waals surface area contributed by atoms with E-state index in [1.54, 1.807) is 6.07 Å². The smallest absolute Gasteiger partial charge is 0.127 e. The number of rotatable bonds is 4. The Morgan fingerprint density at radius 2 is 2.25 bits per heavy atom. The molecule has 1 heterocycles. The third-order valence-corrected chi connectivity index (χ3v) is 4.30.